The monoisotopic (exact) mass is 631 g/mol. The number of carbonyl (C=O) groups excluding carboxylic acids is 2. The van der Waals surface area contributed by atoms with Gasteiger partial charge in [0.1, 0.15) is 11.5 Å². The van der Waals surface area contributed by atoms with Gasteiger partial charge >= 0.3 is 17.6 Å². The lowest BCUT2D eigenvalue weighted by molar-refractivity contribution is -0.385. The van der Waals surface area contributed by atoms with Gasteiger partial charge in [-0.2, -0.15) is 0 Å². The van der Waals surface area contributed by atoms with Gasteiger partial charge in [-0.05, 0) is 79.8 Å². The number of benzene rings is 3. The van der Waals surface area contributed by atoms with Crippen molar-refractivity contribution >= 4 is 17.6 Å². The van der Waals surface area contributed by atoms with E-state index < -0.39 is 10.9 Å². The summed E-state index contributed by atoms with van der Waals surface area (Å²) in [6.45, 7) is 8.98. The lowest BCUT2D eigenvalue weighted by Crippen LogP contribution is -2.10. The predicted octanol–water partition coefficient (Wildman–Crippen LogP) is 9.28. The van der Waals surface area contributed by atoms with Crippen LogP contribution in [0.25, 0.3) is 11.1 Å². The Balaban J connectivity index is 1.38. The number of nitro groups is 1. The lowest BCUT2D eigenvalue weighted by Gasteiger charge is -2.10. The molecule has 46 heavy (non-hydrogen) atoms. The maximum Gasteiger partial charge on any atom is 0.343 e. The predicted molar refractivity (Wildman–Crippen MR) is 179 cm³/mol. The van der Waals surface area contributed by atoms with E-state index in [-0.39, 0.29) is 23.0 Å². The standard InChI is InChI=1S/C37H45NO8/c1-4-5-24-43-32-19-14-29(15-20-32)31-18-23-35(34(27-31)38(41)42)46-37(40)30-16-21-33(22-17-30)44-25-12-10-8-6-7-9-11-13-26-45-36(39)28(2)3/h14-23,27H,2,4-13,24-26H2,1,3H3. The van der Waals surface area contributed by atoms with Crippen LogP contribution in [0, 0.1) is 10.1 Å². The number of hydrogen-bond acceptors (Lipinski definition) is 8. The number of esters is 2. The third kappa shape index (κ3) is 12.4. The Hall–Kier alpha value is -4.66. The van der Waals surface area contributed by atoms with Gasteiger partial charge in [-0.25, -0.2) is 9.59 Å². The molecule has 0 saturated heterocycles. The smallest absolute Gasteiger partial charge is 0.343 e. The molecule has 0 bridgehead atoms. The fraction of sp³-hybridized carbons (Fsp3) is 0.405. The molecule has 0 radical (unpaired) electrons. The molecule has 0 amide bonds. The molecule has 0 aliphatic carbocycles. The van der Waals surface area contributed by atoms with Crippen LogP contribution in [0.5, 0.6) is 17.2 Å². The van der Waals surface area contributed by atoms with Crippen molar-refractivity contribution < 1.29 is 33.5 Å². The first-order valence-corrected chi connectivity index (χ1v) is 16.1. The molecule has 0 fully saturated rings. The first-order valence-electron chi connectivity index (χ1n) is 16.1. The molecule has 0 aromatic heterocycles. The van der Waals surface area contributed by atoms with E-state index in [4.69, 9.17) is 18.9 Å². The summed E-state index contributed by atoms with van der Waals surface area (Å²) in [4.78, 5) is 35.4. The normalized spacial score (nSPS) is 10.7. The van der Waals surface area contributed by atoms with Crippen molar-refractivity contribution in [2.24, 2.45) is 0 Å². The van der Waals surface area contributed by atoms with Crippen LogP contribution in [0.3, 0.4) is 0 Å². The third-order valence-corrected chi connectivity index (χ3v) is 7.29. The molecule has 246 valence electrons. The van der Waals surface area contributed by atoms with E-state index in [1.165, 1.54) is 12.1 Å². The molecule has 0 unspecified atom stereocenters. The first kappa shape index (κ1) is 35.8. The largest absolute Gasteiger partial charge is 0.494 e. The van der Waals surface area contributed by atoms with E-state index in [2.05, 4.69) is 13.5 Å². The molecule has 9 heteroatoms. The van der Waals surface area contributed by atoms with E-state index in [0.29, 0.717) is 36.7 Å². The lowest BCUT2D eigenvalue weighted by atomic mass is 10.0. The second kappa shape index (κ2) is 19.7. The van der Waals surface area contributed by atoms with Gasteiger partial charge in [-0.15, -0.1) is 0 Å². The number of carbonyl (C=O) groups is 2. The van der Waals surface area contributed by atoms with Crippen LogP contribution >= 0.6 is 0 Å². The number of nitrogens with zero attached hydrogens (tertiary/aromatic N) is 1. The van der Waals surface area contributed by atoms with Crippen LogP contribution in [-0.2, 0) is 9.53 Å². The summed E-state index contributed by atoms with van der Waals surface area (Å²) in [6.07, 6.45) is 10.5. The van der Waals surface area contributed by atoms with Crippen molar-refractivity contribution in [1.82, 2.24) is 0 Å². The van der Waals surface area contributed by atoms with Crippen LogP contribution in [0.1, 0.15) is 88.4 Å². The van der Waals surface area contributed by atoms with Gasteiger partial charge in [-0.1, -0.05) is 76.6 Å². The first-order chi connectivity index (χ1) is 22.3. The molecular formula is C37H45NO8. The molecule has 0 aliphatic heterocycles. The zero-order valence-corrected chi connectivity index (χ0v) is 27.0. The number of hydrogen-bond donors (Lipinski definition) is 0. The maximum absolute atomic E-state index is 12.8. The van der Waals surface area contributed by atoms with Gasteiger partial charge in [0.05, 0.1) is 30.3 Å². The molecule has 3 aromatic carbocycles. The highest BCUT2D eigenvalue weighted by molar-refractivity contribution is 5.92. The molecule has 0 aliphatic rings. The second-order valence-electron chi connectivity index (χ2n) is 11.2. The molecule has 3 aromatic rings. The van der Waals surface area contributed by atoms with E-state index in [9.17, 15) is 19.7 Å². The Bertz CT molecular complexity index is 1420. The Morgan fingerprint density at radius 3 is 1.80 bits per heavy atom. The fourth-order valence-electron chi connectivity index (χ4n) is 4.59. The molecular weight excluding hydrogens is 586 g/mol. The van der Waals surface area contributed by atoms with Crippen molar-refractivity contribution in [2.75, 3.05) is 19.8 Å². The van der Waals surface area contributed by atoms with Crippen LogP contribution in [-0.4, -0.2) is 36.7 Å². The average molecular weight is 632 g/mol. The van der Waals surface area contributed by atoms with Gasteiger partial charge in [0, 0.05) is 11.6 Å². The molecule has 0 saturated carbocycles. The summed E-state index contributed by atoms with van der Waals surface area (Å²) in [7, 11) is 0. The molecule has 0 atom stereocenters. The Labute approximate surface area is 271 Å². The third-order valence-electron chi connectivity index (χ3n) is 7.29. The Kier molecular flexibility index (Phi) is 15.3. The summed E-state index contributed by atoms with van der Waals surface area (Å²) < 4.78 is 22.0. The zero-order chi connectivity index (χ0) is 33.1. The van der Waals surface area contributed by atoms with Crippen molar-refractivity contribution in [1.29, 1.82) is 0 Å². The van der Waals surface area contributed by atoms with E-state index in [1.807, 2.05) is 24.3 Å². The minimum atomic E-state index is -0.691. The average Bonchev–Trinajstić information content (AvgIpc) is 3.06. The minimum Gasteiger partial charge on any atom is -0.494 e. The van der Waals surface area contributed by atoms with Crippen molar-refractivity contribution in [3.63, 3.8) is 0 Å². The highest BCUT2D eigenvalue weighted by Crippen LogP contribution is 2.33. The number of rotatable bonds is 21. The van der Waals surface area contributed by atoms with E-state index >= 15 is 0 Å². The summed E-state index contributed by atoms with van der Waals surface area (Å²) in [6, 6.07) is 18.4. The van der Waals surface area contributed by atoms with Gasteiger partial charge in [0.2, 0.25) is 5.75 Å². The molecule has 0 heterocycles. The highest BCUT2D eigenvalue weighted by Gasteiger charge is 2.20. The molecule has 0 N–H and O–H groups in total. The van der Waals surface area contributed by atoms with Crippen LogP contribution in [0.15, 0.2) is 78.9 Å². The zero-order valence-electron chi connectivity index (χ0n) is 27.0. The number of ether oxygens (including phenoxy) is 4. The van der Waals surface area contributed by atoms with Crippen LogP contribution in [0.2, 0.25) is 0 Å². The van der Waals surface area contributed by atoms with Crippen LogP contribution < -0.4 is 14.2 Å². The molecule has 3 rings (SSSR count). The van der Waals surface area contributed by atoms with Crippen LogP contribution in [0.4, 0.5) is 5.69 Å². The summed E-state index contributed by atoms with van der Waals surface area (Å²) in [5, 5.41) is 11.8. The summed E-state index contributed by atoms with van der Waals surface area (Å²) in [5.41, 5.74) is 1.81. The summed E-state index contributed by atoms with van der Waals surface area (Å²) in [5.74, 6) is 0.246. The fourth-order valence-corrected chi connectivity index (χ4v) is 4.59. The second-order valence-corrected chi connectivity index (χ2v) is 11.2. The SMILES string of the molecule is C=C(C)C(=O)OCCCCCCCCCCOc1ccc(C(=O)Oc2ccc(-c3ccc(OCCCC)cc3)cc2[N+](=O)[O-])cc1. The van der Waals surface area contributed by atoms with Crippen molar-refractivity contribution in [3.05, 3.63) is 94.6 Å². The number of nitro benzene ring substituents is 1. The molecule has 0 spiro atoms. The number of unbranched alkanes of at least 4 members (excludes halogenated alkanes) is 8. The quantitative estimate of drug-likeness (QED) is 0.0285. The minimum absolute atomic E-state index is 0.123. The topological polar surface area (TPSA) is 114 Å². The molecule has 9 nitrogen and oxygen atoms in total. The van der Waals surface area contributed by atoms with Gasteiger partial charge in [0.15, 0.2) is 0 Å². The Morgan fingerprint density at radius 2 is 1.24 bits per heavy atom. The maximum atomic E-state index is 12.8. The summed E-state index contributed by atoms with van der Waals surface area (Å²) >= 11 is 0. The van der Waals surface area contributed by atoms with Crippen molar-refractivity contribution in [2.45, 2.75) is 78.1 Å². The van der Waals surface area contributed by atoms with Gasteiger partial charge in [0.25, 0.3) is 0 Å². The van der Waals surface area contributed by atoms with E-state index in [0.717, 1.165) is 75.5 Å². The van der Waals surface area contributed by atoms with E-state index in [1.54, 1.807) is 37.3 Å². The van der Waals surface area contributed by atoms with Crippen molar-refractivity contribution in [3.8, 4) is 28.4 Å². The Morgan fingerprint density at radius 1 is 0.717 bits per heavy atom. The highest BCUT2D eigenvalue weighted by atomic mass is 16.6. The van der Waals surface area contributed by atoms with Gasteiger partial charge in [-0.3, -0.25) is 10.1 Å². The van der Waals surface area contributed by atoms with Gasteiger partial charge < -0.3 is 18.9 Å².